The topological polar surface area (TPSA) is 55.1 Å². The SMILES string of the molecule is CC(C)C(C(=O)NCC(C)C(C)(C)C)C(N)=S. The lowest BCUT2D eigenvalue weighted by atomic mass is 9.82. The molecule has 2 atom stereocenters. The van der Waals surface area contributed by atoms with Gasteiger partial charge in [-0.1, -0.05) is 53.8 Å². The van der Waals surface area contributed by atoms with Gasteiger partial charge < -0.3 is 11.1 Å². The Kier molecular flexibility index (Phi) is 6.10. The fourth-order valence-electron chi connectivity index (χ4n) is 1.43. The molecule has 17 heavy (non-hydrogen) atoms. The van der Waals surface area contributed by atoms with Crippen LogP contribution in [0.3, 0.4) is 0 Å². The fraction of sp³-hybridized carbons (Fsp3) is 0.846. The molecule has 4 heteroatoms. The van der Waals surface area contributed by atoms with Gasteiger partial charge in [0.25, 0.3) is 0 Å². The lowest BCUT2D eigenvalue weighted by Gasteiger charge is -2.28. The highest BCUT2D eigenvalue weighted by Gasteiger charge is 2.26. The number of hydrogen-bond acceptors (Lipinski definition) is 2. The zero-order valence-corrected chi connectivity index (χ0v) is 12.6. The summed E-state index contributed by atoms with van der Waals surface area (Å²) in [5.41, 5.74) is 5.79. The van der Waals surface area contributed by atoms with Gasteiger partial charge in [0, 0.05) is 6.54 Å². The first-order chi connectivity index (χ1) is 7.57. The first kappa shape index (κ1) is 16.4. The zero-order valence-electron chi connectivity index (χ0n) is 11.8. The molecule has 0 aliphatic carbocycles. The highest BCUT2D eigenvalue weighted by molar-refractivity contribution is 7.80. The summed E-state index contributed by atoms with van der Waals surface area (Å²) in [5.74, 6) is 0.129. The third-order valence-corrected chi connectivity index (χ3v) is 3.57. The monoisotopic (exact) mass is 258 g/mol. The predicted molar refractivity (Wildman–Crippen MR) is 76.7 cm³/mol. The third kappa shape index (κ3) is 5.48. The van der Waals surface area contributed by atoms with Crippen LogP contribution in [-0.2, 0) is 4.79 Å². The van der Waals surface area contributed by atoms with Crippen molar-refractivity contribution in [2.45, 2.75) is 41.5 Å². The maximum atomic E-state index is 12.0. The van der Waals surface area contributed by atoms with Crippen LogP contribution in [0.1, 0.15) is 41.5 Å². The van der Waals surface area contributed by atoms with Crippen LogP contribution in [-0.4, -0.2) is 17.4 Å². The number of nitrogens with one attached hydrogen (secondary N) is 1. The minimum absolute atomic E-state index is 0.0522. The van der Waals surface area contributed by atoms with Crippen molar-refractivity contribution in [2.24, 2.45) is 28.9 Å². The van der Waals surface area contributed by atoms with E-state index < -0.39 is 0 Å². The lowest BCUT2D eigenvalue weighted by Crippen LogP contribution is -2.43. The van der Waals surface area contributed by atoms with Crippen LogP contribution in [0.2, 0.25) is 0 Å². The Morgan fingerprint density at radius 1 is 1.29 bits per heavy atom. The standard InChI is InChI=1S/C13H26N2OS/c1-8(2)10(11(14)17)12(16)15-7-9(3)13(4,5)6/h8-10H,7H2,1-6H3,(H2,14,17)(H,15,16). The molecule has 2 unspecified atom stereocenters. The van der Waals surface area contributed by atoms with Crippen LogP contribution in [0.15, 0.2) is 0 Å². The van der Waals surface area contributed by atoms with E-state index >= 15 is 0 Å². The van der Waals surface area contributed by atoms with E-state index in [4.69, 9.17) is 18.0 Å². The van der Waals surface area contributed by atoms with E-state index in [-0.39, 0.29) is 28.1 Å². The fourth-order valence-corrected chi connectivity index (χ4v) is 1.81. The quantitative estimate of drug-likeness (QED) is 0.744. The Morgan fingerprint density at radius 2 is 1.76 bits per heavy atom. The molecule has 0 spiro atoms. The zero-order chi connectivity index (χ0) is 13.8. The molecule has 1 amide bonds. The number of thiocarbonyl (C=S) groups is 1. The van der Waals surface area contributed by atoms with Crippen molar-refractivity contribution in [3.05, 3.63) is 0 Å². The van der Waals surface area contributed by atoms with Gasteiger partial charge in [-0.05, 0) is 17.3 Å². The maximum Gasteiger partial charge on any atom is 0.230 e. The van der Waals surface area contributed by atoms with E-state index in [1.807, 2.05) is 13.8 Å². The molecule has 0 saturated heterocycles. The van der Waals surface area contributed by atoms with Crippen LogP contribution in [0.25, 0.3) is 0 Å². The van der Waals surface area contributed by atoms with Gasteiger partial charge >= 0.3 is 0 Å². The molecular weight excluding hydrogens is 232 g/mol. The molecule has 0 aliphatic heterocycles. The van der Waals surface area contributed by atoms with Crippen molar-refractivity contribution in [1.29, 1.82) is 0 Å². The Bertz CT molecular complexity index is 282. The molecule has 0 aliphatic rings. The minimum atomic E-state index is -0.364. The second kappa shape index (κ2) is 6.34. The molecule has 0 radical (unpaired) electrons. The Hall–Kier alpha value is -0.640. The van der Waals surface area contributed by atoms with Gasteiger partial charge in [0.05, 0.1) is 10.9 Å². The van der Waals surface area contributed by atoms with E-state index in [2.05, 4.69) is 33.0 Å². The lowest BCUT2D eigenvalue weighted by molar-refractivity contribution is -0.124. The summed E-state index contributed by atoms with van der Waals surface area (Å²) in [4.78, 5) is 12.3. The summed E-state index contributed by atoms with van der Waals surface area (Å²) >= 11 is 4.94. The Morgan fingerprint density at radius 3 is 2.06 bits per heavy atom. The number of carbonyl (C=O) groups is 1. The third-order valence-electron chi connectivity index (χ3n) is 3.32. The first-order valence-electron chi connectivity index (χ1n) is 6.14. The molecule has 100 valence electrons. The van der Waals surface area contributed by atoms with Crippen molar-refractivity contribution in [3.63, 3.8) is 0 Å². The molecule has 0 rings (SSSR count). The van der Waals surface area contributed by atoms with E-state index in [1.54, 1.807) is 0 Å². The van der Waals surface area contributed by atoms with Crippen molar-refractivity contribution in [2.75, 3.05) is 6.54 Å². The van der Waals surface area contributed by atoms with E-state index in [9.17, 15) is 4.79 Å². The van der Waals surface area contributed by atoms with E-state index in [0.717, 1.165) is 0 Å². The van der Waals surface area contributed by atoms with Crippen LogP contribution in [0.4, 0.5) is 0 Å². The van der Waals surface area contributed by atoms with Crippen LogP contribution >= 0.6 is 12.2 Å². The second-order valence-corrected chi connectivity index (χ2v) is 6.61. The molecule has 0 aromatic carbocycles. The molecule has 0 bridgehead atoms. The molecule has 0 aromatic heterocycles. The number of amides is 1. The van der Waals surface area contributed by atoms with Gasteiger partial charge in [0.15, 0.2) is 0 Å². The number of carbonyl (C=O) groups excluding carboxylic acids is 1. The summed E-state index contributed by atoms with van der Waals surface area (Å²) in [6, 6.07) is 0. The van der Waals surface area contributed by atoms with Gasteiger partial charge in [0.1, 0.15) is 0 Å². The van der Waals surface area contributed by atoms with Gasteiger partial charge in [-0.3, -0.25) is 4.79 Å². The van der Waals surface area contributed by atoms with Gasteiger partial charge in [-0.15, -0.1) is 0 Å². The molecule has 0 heterocycles. The van der Waals surface area contributed by atoms with Crippen molar-refractivity contribution >= 4 is 23.1 Å². The summed E-state index contributed by atoms with van der Waals surface area (Å²) in [6.07, 6.45) is 0. The van der Waals surface area contributed by atoms with E-state index in [1.165, 1.54) is 0 Å². The normalized spacial score (nSPS) is 15.5. The summed E-state index contributed by atoms with van der Waals surface area (Å²) in [6.45, 7) is 13.2. The number of nitrogens with two attached hydrogens (primary N) is 1. The summed E-state index contributed by atoms with van der Waals surface area (Å²) in [7, 11) is 0. The van der Waals surface area contributed by atoms with Crippen LogP contribution in [0, 0.1) is 23.2 Å². The van der Waals surface area contributed by atoms with Crippen molar-refractivity contribution in [1.82, 2.24) is 5.32 Å². The molecule has 0 aromatic rings. The molecular formula is C13H26N2OS. The second-order valence-electron chi connectivity index (χ2n) is 6.14. The maximum absolute atomic E-state index is 12.0. The Balaban J connectivity index is 4.40. The van der Waals surface area contributed by atoms with Crippen LogP contribution in [0.5, 0.6) is 0 Å². The molecule has 3 nitrogen and oxygen atoms in total. The smallest absolute Gasteiger partial charge is 0.230 e. The average molecular weight is 258 g/mol. The Labute approximate surface area is 111 Å². The molecule has 0 saturated carbocycles. The van der Waals surface area contributed by atoms with Gasteiger partial charge in [0.2, 0.25) is 5.91 Å². The summed E-state index contributed by atoms with van der Waals surface area (Å²) in [5, 5.41) is 2.95. The average Bonchev–Trinajstić information content (AvgIpc) is 2.11. The summed E-state index contributed by atoms with van der Waals surface area (Å²) < 4.78 is 0. The van der Waals surface area contributed by atoms with Gasteiger partial charge in [-0.2, -0.15) is 0 Å². The van der Waals surface area contributed by atoms with Crippen molar-refractivity contribution in [3.8, 4) is 0 Å². The highest BCUT2D eigenvalue weighted by Crippen LogP contribution is 2.24. The minimum Gasteiger partial charge on any atom is -0.393 e. The van der Waals surface area contributed by atoms with Crippen molar-refractivity contribution < 1.29 is 4.79 Å². The van der Waals surface area contributed by atoms with Crippen LogP contribution < -0.4 is 11.1 Å². The molecule has 0 fully saturated rings. The van der Waals surface area contributed by atoms with E-state index in [0.29, 0.717) is 12.5 Å². The largest absolute Gasteiger partial charge is 0.393 e. The molecule has 3 N–H and O–H groups in total. The first-order valence-corrected chi connectivity index (χ1v) is 6.55. The number of rotatable bonds is 5. The van der Waals surface area contributed by atoms with Gasteiger partial charge in [-0.25, -0.2) is 0 Å². The highest BCUT2D eigenvalue weighted by atomic mass is 32.1. The predicted octanol–water partition coefficient (Wildman–Crippen LogP) is 2.34. The number of hydrogen-bond donors (Lipinski definition) is 2.